The molecule has 1 heterocycles. The maximum Gasteiger partial charge on any atom is 0.261 e. The van der Waals surface area contributed by atoms with Gasteiger partial charge in [0.15, 0.2) is 0 Å². The van der Waals surface area contributed by atoms with Gasteiger partial charge in [-0.05, 0) is 66.9 Å². The van der Waals surface area contributed by atoms with E-state index in [0.717, 1.165) is 17.7 Å². The summed E-state index contributed by atoms with van der Waals surface area (Å²) in [6.45, 7) is 1.02. The third-order valence-electron chi connectivity index (χ3n) is 5.81. The molecule has 0 spiro atoms. The van der Waals surface area contributed by atoms with Crippen molar-refractivity contribution in [3.63, 3.8) is 0 Å². The minimum atomic E-state index is -3.94. The zero-order valence-electron chi connectivity index (χ0n) is 19.4. The second kappa shape index (κ2) is 10.6. The molecule has 35 heavy (non-hydrogen) atoms. The smallest absolute Gasteiger partial charge is 0.261 e. The van der Waals surface area contributed by atoms with Crippen LogP contribution >= 0.6 is 0 Å². The number of hydrogen-bond acceptors (Lipinski definition) is 5. The maximum atomic E-state index is 13.0. The Labute approximate surface area is 205 Å². The third kappa shape index (κ3) is 5.81. The van der Waals surface area contributed by atoms with Gasteiger partial charge in [-0.2, -0.15) is 0 Å². The SMILES string of the molecule is COc1ccc(CCNC(=O)c2ccccc2NS(=O)(=O)c2ccc(N3CCCC3=O)cc2)cc1. The zero-order chi connectivity index (χ0) is 24.8. The number of para-hydroxylation sites is 1. The van der Waals surface area contributed by atoms with Gasteiger partial charge in [0.2, 0.25) is 5.91 Å². The van der Waals surface area contributed by atoms with Gasteiger partial charge in [0.1, 0.15) is 5.75 Å². The van der Waals surface area contributed by atoms with Crippen LogP contribution in [0.3, 0.4) is 0 Å². The highest BCUT2D eigenvalue weighted by molar-refractivity contribution is 7.92. The average molecular weight is 494 g/mol. The fourth-order valence-electron chi connectivity index (χ4n) is 3.91. The molecule has 9 heteroatoms. The van der Waals surface area contributed by atoms with Crippen LogP contribution in [-0.4, -0.2) is 40.4 Å². The van der Waals surface area contributed by atoms with Crippen molar-refractivity contribution in [1.82, 2.24) is 5.32 Å². The molecular formula is C26H27N3O5S. The fraction of sp³-hybridized carbons (Fsp3) is 0.231. The molecule has 1 aliphatic heterocycles. The summed E-state index contributed by atoms with van der Waals surface area (Å²) in [7, 11) is -2.33. The molecule has 0 atom stereocenters. The van der Waals surface area contributed by atoms with Gasteiger partial charge >= 0.3 is 0 Å². The Morgan fingerprint density at radius 1 is 1.00 bits per heavy atom. The van der Waals surface area contributed by atoms with Crippen LogP contribution in [0.25, 0.3) is 0 Å². The first-order valence-corrected chi connectivity index (χ1v) is 12.8. The molecule has 0 aromatic heterocycles. The molecule has 3 aromatic rings. The molecule has 2 amide bonds. The van der Waals surface area contributed by atoms with Crippen LogP contribution in [0.15, 0.2) is 77.7 Å². The lowest BCUT2D eigenvalue weighted by molar-refractivity contribution is -0.117. The number of nitrogens with zero attached hydrogens (tertiary/aromatic N) is 1. The summed E-state index contributed by atoms with van der Waals surface area (Å²) in [6, 6.07) is 20.2. The lowest BCUT2D eigenvalue weighted by Crippen LogP contribution is -2.27. The van der Waals surface area contributed by atoms with Gasteiger partial charge in [-0.3, -0.25) is 14.3 Å². The molecule has 0 radical (unpaired) electrons. The first-order chi connectivity index (χ1) is 16.9. The quantitative estimate of drug-likeness (QED) is 0.474. The van der Waals surface area contributed by atoms with Crippen molar-refractivity contribution in [2.45, 2.75) is 24.2 Å². The lowest BCUT2D eigenvalue weighted by atomic mass is 10.1. The van der Waals surface area contributed by atoms with Gasteiger partial charge in [0.05, 0.1) is 23.3 Å². The van der Waals surface area contributed by atoms with Gasteiger partial charge in [-0.15, -0.1) is 0 Å². The molecule has 182 valence electrons. The molecule has 4 rings (SSSR count). The molecule has 0 saturated carbocycles. The van der Waals surface area contributed by atoms with Crippen LogP contribution in [0.5, 0.6) is 5.75 Å². The Bertz CT molecular complexity index is 1310. The van der Waals surface area contributed by atoms with Crippen LogP contribution < -0.4 is 19.7 Å². The number of amides is 2. The average Bonchev–Trinajstić information content (AvgIpc) is 3.30. The van der Waals surface area contributed by atoms with E-state index < -0.39 is 10.0 Å². The minimum absolute atomic E-state index is 0.0330. The number of ether oxygens (including phenoxy) is 1. The first-order valence-electron chi connectivity index (χ1n) is 11.3. The van der Waals surface area contributed by atoms with E-state index in [1.54, 1.807) is 48.4 Å². The fourth-order valence-corrected chi connectivity index (χ4v) is 4.99. The third-order valence-corrected chi connectivity index (χ3v) is 7.19. The molecular weight excluding hydrogens is 466 g/mol. The molecule has 1 saturated heterocycles. The molecule has 1 fully saturated rings. The number of anilines is 2. The molecule has 0 bridgehead atoms. The summed E-state index contributed by atoms with van der Waals surface area (Å²) in [5.74, 6) is 0.420. The second-order valence-electron chi connectivity index (χ2n) is 8.15. The monoisotopic (exact) mass is 493 g/mol. The van der Waals surface area contributed by atoms with E-state index in [-0.39, 0.29) is 28.0 Å². The highest BCUT2D eigenvalue weighted by Gasteiger charge is 2.23. The largest absolute Gasteiger partial charge is 0.497 e. The predicted octanol–water partition coefficient (Wildman–Crippen LogP) is 3.60. The van der Waals surface area contributed by atoms with Crippen molar-refractivity contribution < 1.29 is 22.7 Å². The van der Waals surface area contributed by atoms with Gasteiger partial charge in [0, 0.05) is 25.2 Å². The molecule has 3 aromatic carbocycles. The van der Waals surface area contributed by atoms with Crippen LogP contribution in [0, 0.1) is 0 Å². The van der Waals surface area contributed by atoms with Crippen molar-refractivity contribution in [2.24, 2.45) is 0 Å². The number of rotatable bonds is 9. The van der Waals surface area contributed by atoms with Crippen LogP contribution in [-0.2, 0) is 21.2 Å². The van der Waals surface area contributed by atoms with Gasteiger partial charge < -0.3 is 15.0 Å². The molecule has 8 nitrogen and oxygen atoms in total. The Hall–Kier alpha value is -3.85. The van der Waals surface area contributed by atoms with E-state index in [9.17, 15) is 18.0 Å². The number of hydrogen-bond donors (Lipinski definition) is 2. The standard InChI is InChI=1S/C26H27N3O5S/c1-34-21-12-8-19(9-13-21)16-17-27-26(31)23-5-2-3-6-24(23)28-35(32,33)22-14-10-20(11-15-22)29-18-4-7-25(29)30/h2-3,5-6,8-15,28H,4,7,16-18H2,1H3,(H,27,31). The normalized spacial score (nSPS) is 13.5. The Kier molecular flexibility index (Phi) is 7.36. The topological polar surface area (TPSA) is 105 Å². The highest BCUT2D eigenvalue weighted by atomic mass is 32.2. The molecule has 0 unspecified atom stereocenters. The minimum Gasteiger partial charge on any atom is -0.497 e. The van der Waals surface area contributed by atoms with Crippen LogP contribution in [0.1, 0.15) is 28.8 Å². The molecule has 0 aliphatic carbocycles. The number of carbonyl (C=O) groups excluding carboxylic acids is 2. The number of sulfonamides is 1. The van der Waals surface area contributed by atoms with Crippen LogP contribution in [0.4, 0.5) is 11.4 Å². The lowest BCUT2D eigenvalue weighted by Gasteiger charge is -2.16. The van der Waals surface area contributed by atoms with Crippen molar-refractivity contribution in [3.05, 3.63) is 83.9 Å². The van der Waals surface area contributed by atoms with Crippen molar-refractivity contribution in [1.29, 1.82) is 0 Å². The summed E-state index contributed by atoms with van der Waals surface area (Å²) in [4.78, 5) is 26.4. The number of carbonyl (C=O) groups is 2. The summed E-state index contributed by atoms with van der Waals surface area (Å²) >= 11 is 0. The summed E-state index contributed by atoms with van der Waals surface area (Å²) in [6.07, 6.45) is 1.91. The van der Waals surface area contributed by atoms with Crippen molar-refractivity contribution in [3.8, 4) is 5.75 Å². The van der Waals surface area contributed by atoms with Crippen molar-refractivity contribution in [2.75, 3.05) is 29.8 Å². The van der Waals surface area contributed by atoms with Gasteiger partial charge in [-0.1, -0.05) is 24.3 Å². The predicted molar refractivity (Wildman–Crippen MR) is 134 cm³/mol. The number of nitrogens with one attached hydrogen (secondary N) is 2. The summed E-state index contributed by atoms with van der Waals surface area (Å²) < 4.78 is 33.6. The Morgan fingerprint density at radius 3 is 2.37 bits per heavy atom. The van der Waals surface area contributed by atoms with E-state index >= 15 is 0 Å². The van der Waals surface area contributed by atoms with E-state index in [0.29, 0.717) is 31.6 Å². The molecule has 2 N–H and O–H groups in total. The van der Waals surface area contributed by atoms with Crippen LogP contribution in [0.2, 0.25) is 0 Å². The van der Waals surface area contributed by atoms with E-state index in [1.165, 1.54) is 12.1 Å². The van der Waals surface area contributed by atoms with Gasteiger partial charge in [-0.25, -0.2) is 8.42 Å². The van der Waals surface area contributed by atoms with E-state index in [2.05, 4.69) is 10.0 Å². The van der Waals surface area contributed by atoms with Gasteiger partial charge in [0.25, 0.3) is 15.9 Å². The summed E-state index contributed by atoms with van der Waals surface area (Å²) in [5, 5.41) is 2.84. The van der Waals surface area contributed by atoms with E-state index in [4.69, 9.17) is 4.74 Å². The Balaban J connectivity index is 1.42. The number of methoxy groups -OCH3 is 1. The number of benzene rings is 3. The molecule has 1 aliphatic rings. The summed E-state index contributed by atoms with van der Waals surface area (Å²) in [5.41, 5.74) is 2.13. The van der Waals surface area contributed by atoms with E-state index in [1.807, 2.05) is 24.3 Å². The first kappa shape index (κ1) is 24.3. The van der Waals surface area contributed by atoms with Crippen molar-refractivity contribution >= 4 is 33.2 Å². The highest BCUT2D eigenvalue weighted by Crippen LogP contribution is 2.25. The second-order valence-corrected chi connectivity index (χ2v) is 9.83. The Morgan fingerprint density at radius 2 is 1.71 bits per heavy atom. The zero-order valence-corrected chi connectivity index (χ0v) is 20.2. The maximum absolute atomic E-state index is 13.0.